The number of nitrogens with one attached hydrogen (secondary N) is 2. The molecule has 0 spiro atoms. The number of nitrogens with zero attached hydrogens (tertiary/aromatic N) is 2. The second-order valence-corrected chi connectivity index (χ2v) is 3.31. The van der Waals surface area contributed by atoms with Crippen LogP contribution < -0.4 is 16.6 Å². The molecular weight excluding hydrogens is 178 g/mol. The van der Waals surface area contributed by atoms with Gasteiger partial charge in [0.25, 0.3) is 0 Å². The van der Waals surface area contributed by atoms with Gasteiger partial charge in [-0.25, -0.2) is 4.98 Å². The smallest absolute Gasteiger partial charge is 0.126 e. The molecule has 1 heterocycles. The summed E-state index contributed by atoms with van der Waals surface area (Å²) >= 11 is 0. The fraction of sp³-hybridized carbons (Fsp3) is 0.444. The summed E-state index contributed by atoms with van der Waals surface area (Å²) in [5.41, 5.74) is 3.34. The van der Waals surface area contributed by atoms with Gasteiger partial charge in [0.05, 0.1) is 11.9 Å². The lowest BCUT2D eigenvalue weighted by molar-refractivity contribution is 0.425. The first-order valence-electron chi connectivity index (χ1n) is 4.53. The summed E-state index contributed by atoms with van der Waals surface area (Å²) in [5, 5.41) is 3.21. The maximum absolute atomic E-state index is 5.22. The van der Waals surface area contributed by atoms with Gasteiger partial charge in [-0.1, -0.05) is 0 Å². The summed E-state index contributed by atoms with van der Waals surface area (Å²) in [6.45, 7) is 1.87. The number of hydrogen-bond donors (Lipinski definition) is 3. The molecule has 1 aromatic heterocycles. The molecule has 78 valence electrons. The molecule has 0 atom stereocenters. The van der Waals surface area contributed by atoms with Crippen LogP contribution >= 0.6 is 0 Å². The summed E-state index contributed by atoms with van der Waals surface area (Å²) in [4.78, 5) is 6.29. The third-order valence-electron chi connectivity index (χ3n) is 1.80. The lowest BCUT2D eigenvalue weighted by Gasteiger charge is -2.10. The Morgan fingerprint density at radius 1 is 1.43 bits per heavy atom. The van der Waals surface area contributed by atoms with E-state index < -0.39 is 0 Å². The van der Waals surface area contributed by atoms with Crippen LogP contribution in [0.4, 0.5) is 11.5 Å². The van der Waals surface area contributed by atoms with Crippen LogP contribution in [0.1, 0.15) is 0 Å². The highest BCUT2D eigenvalue weighted by Gasteiger charge is 1.94. The van der Waals surface area contributed by atoms with Crippen LogP contribution in [0.2, 0.25) is 0 Å². The van der Waals surface area contributed by atoms with Gasteiger partial charge in [-0.05, 0) is 26.2 Å². The predicted molar refractivity (Wildman–Crippen MR) is 59.1 cm³/mol. The molecule has 0 radical (unpaired) electrons. The zero-order chi connectivity index (χ0) is 10.4. The van der Waals surface area contributed by atoms with Gasteiger partial charge in [0.1, 0.15) is 5.82 Å². The molecule has 5 heteroatoms. The number of anilines is 2. The molecule has 4 N–H and O–H groups in total. The van der Waals surface area contributed by atoms with Crippen molar-refractivity contribution >= 4 is 11.5 Å². The number of pyridine rings is 1. The van der Waals surface area contributed by atoms with E-state index >= 15 is 0 Å². The largest absolute Gasteiger partial charge is 0.369 e. The highest BCUT2D eigenvalue weighted by atomic mass is 15.2. The van der Waals surface area contributed by atoms with Gasteiger partial charge in [0.2, 0.25) is 0 Å². The van der Waals surface area contributed by atoms with E-state index in [-0.39, 0.29) is 0 Å². The normalized spacial score (nSPS) is 10.3. The molecule has 14 heavy (non-hydrogen) atoms. The van der Waals surface area contributed by atoms with Crippen molar-refractivity contribution in [2.75, 3.05) is 37.9 Å². The predicted octanol–water partition coefficient (Wildman–Crippen LogP) is 0.341. The Bertz CT molecular complexity index is 256. The first kappa shape index (κ1) is 10.7. The lowest BCUT2D eigenvalue weighted by Crippen LogP contribution is -2.21. The summed E-state index contributed by atoms with van der Waals surface area (Å²) in [6.07, 6.45) is 1.69. The molecule has 0 aliphatic rings. The number of nitrogens with two attached hydrogens (primary N) is 1. The van der Waals surface area contributed by atoms with Crippen molar-refractivity contribution in [1.29, 1.82) is 0 Å². The number of nitrogen functional groups attached to an aromatic ring is 1. The minimum absolute atomic E-state index is 0.808. The summed E-state index contributed by atoms with van der Waals surface area (Å²) in [6, 6.07) is 3.77. The van der Waals surface area contributed by atoms with E-state index in [2.05, 4.69) is 20.6 Å². The number of likely N-dealkylation sites (N-methyl/N-ethyl adjacent to an activating group) is 1. The fourth-order valence-electron chi connectivity index (χ4n) is 0.991. The van der Waals surface area contributed by atoms with Crippen LogP contribution in [-0.2, 0) is 0 Å². The Hall–Kier alpha value is -1.33. The second kappa shape index (κ2) is 5.41. The fourth-order valence-corrected chi connectivity index (χ4v) is 0.991. The highest BCUT2D eigenvalue weighted by Crippen LogP contribution is 2.07. The van der Waals surface area contributed by atoms with E-state index in [1.807, 2.05) is 26.2 Å². The van der Waals surface area contributed by atoms with E-state index in [1.165, 1.54) is 0 Å². The SMILES string of the molecule is CN(C)CCNc1ccc(NN)cn1. The molecule has 0 aliphatic carbocycles. The van der Waals surface area contributed by atoms with Crippen molar-refractivity contribution in [2.24, 2.45) is 5.84 Å². The van der Waals surface area contributed by atoms with Crippen LogP contribution in [0.5, 0.6) is 0 Å². The second-order valence-electron chi connectivity index (χ2n) is 3.31. The standard InChI is InChI=1S/C9H17N5/c1-14(2)6-5-11-9-4-3-8(13-10)7-12-9/h3-4,7,13H,5-6,10H2,1-2H3,(H,11,12). The molecule has 1 aromatic rings. The maximum atomic E-state index is 5.22. The van der Waals surface area contributed by atoms with E-state index in [9.17, 15) is 0 Å². The average molecular weight is 195 g/mol. The Kier molecular flexibility index (Phi) is 4.15. The average Bonchev–Trinajstić information content (AvgIpc) is 2.18. The van der Waals surface area contributed by atoms with Crippen molar-refractivity contribution in [3.05, 3.63) is 18.3 Å². The number of aromatic nitrogens is 1. The molecule has 0 aromatic carbocycles. The van der Waals surface area contributed by atoms with E-state index in [4.69, 9.17) is 5.84 Å². The van der Waals surface area contributed by atoms with Crippen molar-refractivity contribution < 1.29 is 0 Å². The van der Waals surface area contributed by atoms with E-state index in [0.717, 1.165) is 24.6 Å². The molecule has 5 nitrogen and oxygen atoms in total. The molecule has 0 fully saturated rings. The Morgan fingerprint density at radius 2 is 2.21 bits per heavy atom. The van der Waals surface area contributed by atoms with Crippen molar-refractivity contribution in [3.63, 3.8) is 0 Å². The van der Waals surface area contributed by atoms with Gasteiger partial charge in [-0.3, -0.25) is 5.84 Å². The van der Waals surface area contributed by atoms with Crippen molar-refractivity contribution in [1.82, 2.24) is 9.88 Å². The molecule has 0 saturated heterocycles. The quantitative estimate of drug-likeness (QED) is 0.467. The molecule has 0 unspecified atom stereocenters. The lowest BCUT2D eigenvalue weighted by atomic mass is 10.4. The Balaban J connectivity index is 2.36. The molecule has 0 bridgehead atoms. The van der Waals surface area contributed by atoms with Crippen LogP contribution in [0.25, 0.3) is 0 Å². The van der Waals surface area contributed by atoms with Gasteiger partial charge in [0, 0.05) is 13.1 Å². The zero-order valence-corrected chi connectivity index (χ0v) is 8.62. The molecule has 0 amide bonds. The Morgan fingerprint density at radius 3 is 2.71 bits per heavy atom. The van der Waals surface area contributed by atoms with E-state index in [1.54, 1.807) is 6.20 Å². The third-order valence-corrected chi connectivity index (χ3v) is 1.80. The minimum Gasteiger partial charge on any atom is -0.369 e. The first-order chi connectivity index (χ1) is 6.72. The zero-order valence-electron chi connectivity index (χ0n) is 8.62. The monoisotopic (exact) mass is 195 g/mol. The van der Waals surface area contributed by atoms with Crippen LogP contribution in [0.15, 0.2) is 18.3 Å². The van der Waals surface area contributed by atoms with Crippen LogP contribution in [0.3, 0.4) is 0 Å². The van der Waals surface area contributed by atoms with Gasteiger partial charge in [0.15, 0.2) is 0 Å². The third kappa shape index (κ3) is 3.59. The van der Waals surface area contributed by atoms with E-state index in [0.29, 0.717) is 0 Å². The number of hydrazine groups is 1. The van der Waals surface area contributed by atoms with Gasteiger partial charge < -0.3 is 15.6 Å². The summed E-state index contributed by atoms with van der Waals surface area (Å²) in [5.74, 6) is 6.09. The van der Waals surface area contributed by atoms with Gasteiger partial charge in [-0.2, -0.15) is 0 Å². The topological polar surface area (TPSA) is 66.2 Å². The molecule has 1 rings (SSSR count). The van der Waals surface area contributed by atoms with Crippen LogP contribution in [-0.4, -0.2) is 37.1 Å². The van der Waals surface area contributed by atoms with Crippen LogP contribution in [0, 0.1) is 0 Å². The molecule has 0 saturated carbocycles. The van der Waals surface area contributed by atoms with Gasteiger partial charge in [-0.15, -0.1) is 0 Å². The molecule has 0 aliphatic heterocycles. The first-order valence-corrected chi connectivity index (χ1v) is 4.53. The van der Waals surface area contributed by atoms with Crippen molar-refractivity contribution in [2.45, 2.75) is 0 Å². The summed E-state index contributed by atoms with van der Waals surface area (Å²) < 4.78 is 0. The van der Waals surface area contributed by atoms with Gasteiger partial charge >= 0.3 is 0 Å². The highest BCUT2D eigenvalue weighted by molar-refractivity contribution is 5.46. The maximum Gasteiger partial charge on any atom is 0.126 e. The number of hydrogen-bond acceptors (Lipinski definition) is 5. The Labute approximate surface area is 84.3 Å². The van der Waals surface area contributed by atoms with Crippen molar-refractivity contribution in [3.8, 4) is 0 Å². The minimum atomic E-state index is 0.808. The molecular formula is C9H17N5. The summed E-state index contributed by atoms with van der Waals surface area (Å²) in [7, 11) is 4.08. The number of rotatable bonds is 5.